The van der Waals surface area contributed by atoms with Gasteiger partial charge in [-0.3, -0.25) is 0 Å². The number of carboxylic acids is 1. The summed E-state index contributed by atoms with van der Waals surface area (Å²) in [6.45, 7) is 4.22. The van der Waals surface area contributed by atoms with Crippen molar-refractivity contribution in [2.45, 2.75) is 12.8 Å². The molecule has 7 nitrogen and oxygen atoms in total. The quantitative estimate of drug-likeness (QED) is 0.566. The topological polar surface area (TPSA) is 96.1 Å². The third-order valence-electron chi connectivity index (χ3n) is 6.85. The zero-order valence-corrected chi connectivity index (χ0v) is 19.0. The lowest BCUT2D eigenvalue weighted by molar-refractivity contribution is 0.0696. The van der Waals surface area contributed by atoms with E-state index in [-0.39, 0.29) is 17.6 Å². The van der Waals surface area contributed by atoms with E-state index < -0.39 is 5.97 Å². The van der Waals surface area contributed by atoms with Gasteiger partial charge in [0.15, 0.2) is 0 Å². The Balaban J connectivity index is 1.24. The second-order valence-electron chi connectivity index (χ2n) is 8.80. The van der Waals surface area contributed by atoms with Crippen molar-refractivity contribution in [1.29, 1.82) is 0 Å². The van der Waals surface area contributed by atoms with E-state index in [1.54, 1.807) is 17.9 Å². The third kappa shape index (κ3) is 3.83. The maximum Gasteiger partial charge on any atom is 0.409 e. The molecule has 1 aliphatic heterocycles. The predicted molar refractivity (Wildman–Crippen MR) is 131 cm³/mol. The molecule has 7 heteroatoms. The smallest absolute Gasteiger partial charge is 0.409 e. The number of ether oxygens (including phenoxy) is 1. The molecule has 1 aliphatic carbocycles. The number of nitrogens with zero attached hydrogens (tertiary/aromatic N) is 2. The number of benzene rings is 3. The molecule has 3 aromatic carbocycles. The lowest BCUT2D eigenvalue weighted by Gasteiger charge is -2.36. The van der Waals surface area contributed by atoms with Gasteiger partial charge in [-0.25, -0.2) is 9.59 Å². The van der Waals surface area contributed by atoms with E-state index in [9.17, 15) is 14.7 Å². The summed E-state index contributed by atoms with van der Waals surface area (Å²) >= 11 is 0. The summed E-state index contributed by atoms with van der Waals surface area (Å²) in [5.74, 6) is -0.967. The average Bonchev–Trinajstić information content (AvgIpc) is 3.17. The van der Waals surface area contributed by atoms with Crippen LogP contribution in [-0.4, -0.2) is 54.9 Å². The number of hydrogen-bond acceptors (Lipinski definition) is 5. The summed E-state index contributed by atoms with van der Waals surface area (Å²) < 4.78 is 5.78. The van der Waals surface area contributed by atoms with Crippen LogP contribution in [0.2, 0.25) is 0 Å². The van der Waals surface area contributed by atoms with Crippen molar-refractivity contribution in [1.82, 2.24) is 4.90 Å². The summed E-state index contributed by atoms with van der Waals surface area (Å²) in [4.78, 5) is 28.2. The Labute approximate surface area is 198 Å². The Morgan fingerprint density at radius 3 is 2.15 bits per heavy atom. The molecular formula is C27H27N3O4. The van der Waals surface area contributed by atoms with Gasteiger partial charge in [0.05, 0.1) is 5.56 Å². The van der Waals surface area contributed by atoms with Crippen LogP contribution in [-0.2, 0) is 4.74 Å². The molecule has 2 aliphatic rings. The van der Waals surface area contributed by atoms with Crippen molar-refractivity contribution in [2.75, 3.05) is 43.4 Å². The third-order valence-corrected chi connectivity index (χ3v) is 6.85. The molecule has 3 N–H and O–H groups in total. The Kier molecular flexibility index (Phi) is 5.61. The molecule has 34 heavy (non-hydrogen) atoms. The van der Waals surface area contributed by atoms with Crippen LogP contribution >= 0.6 is 0 Å². The van der Waals surface area contributed by atoms with Crippen molar-refractivity contribution in [3.63, 3.8) is 0 Å². The molecule has 1 heterocycles. The first-order chi connectivity index (χ1) is 16.4. The molecule has 0 atom stereocenters. The highest BCUT2D eigenvalue weighted by molar-refractivity contribution is 5.93. The van der Waals surface area contributed by atoms with Crippen LogP contribution in [0.3, 0.4) is 0 Å². The van der Waals surface area contributed by atoms with Gasteiger partial charge < -0.3 is 25.4 Å². The van der Waals surface area contributed by atoms with Gasteiger partial charge in [-0.05, 0) is 46.9 Å². The zero-order chi connectivity index (χ0) is 23.8. The van der Waals surface area contributed by atoms with Crippen molar-refractivity contribution in [3.8, 4) is 11.1 Å². The number of aromatic carboxylic acids is 1. The highest BCUT2D eigenvalue weighted by Gasteiger charge is 2.30. The number of amides is 1. The molecule has 1 amide bonds. The summed E-state index contributed by atoms with van der Waals surface area (Å²) in [6, 6.07) is 19.8. The highest BCUT2D eigenvalue weighted by Crippen LogP contribution is 2.44. The van der Waals surface area contributed by atoms with E-state index in [1.165, 1.54) is 28.3 Å². The zero-order valence-electron chi connectivity index (χ0n) is 19.0. The van der Waals surface area contributed by atoms with Crippen LogP contribution in [0.4, 0.5) is 16.2 Å². The van der Waals surface area contributed by atoms with Crippen molar-refractivity contribution >= 4 is 23.4 Å². The Hall–Kier alpha value is -4.00. The van der Waals surface area contributed by atoms with E-state index in [0.29, 0.717) is 44.0 Å². The number of nitrogen functional groups attached to an aromatic ring is 1. The minimum Gasteiger partial charge on any atom is -0.478 e. The molecule has 0 bridgehead atoms. The van der Waals surface area contributed by atoms with Gasteiger partial charge in [0.25, 0.3) is 0 Å². The minimum atomic E-state index is -0.997. The number of nitrogens with two attached hydrogens (primary N) is 1. The molecule has 1 fully saturated rings. The van der Waals surface area contributed by atoms with Crippen LogP contribution in [0.15, 0.2) is 60.7 Å². The monoisotopic (exact) mass is 457 g/mol. The molecule has 0 aromatic heterocycles. The Morgan fingerprint density at radius 2 is 1.56 bits per heavy atom. The predicted octanol–water partition coefficient (Wildman–Crippen LogP) is 4.35. The van der Waals surface area contributed by atoms with Crippen LogP contribution < -0.4 is 10.6 Å². The normalized spacial score (nSPS) is 15.1. The average molecular weight is 458 g/mol. The van der Waals surface area contributed by atoms with E-state index in [2.05, 4.69) is 29.2 Å². The largest absolute Gasteiger partial charge is 0.478 e. The number of rotatable bonds is 4. The molecule has 3 aromatic rings. The van der Waals surface area contributed by atoms with E-state index in [0.717, 1.165) is 5.69 Å². The summed E-state index contributed by atoms with van der Waals surface area (Å²) in [5, 5.41) is 9.46. The SMILES string of the molecule is Cc1c(C(=O)O)cc(N)cc1N1CCN(C(=O)OCC2c3ccccc3-c3ccccc32)CC1. The molecule has 0 unspecified atom stereocenters. The number of hydrogen-bond donors (Lipinski definition) is 2. The molecule has 174 valence electrons. The van der Waals surface area contributed by atoms with Gasteiger partial charge in [-0.15, -0.1) is 0 Å². The summed E-state index contributed by atoms with van der Waals surface area (Å²) in [7, 11) is 0. The lowest BCUT2D eigenvalue weighted by atomic mass is 9.98. The van der Waals surface area contributed by atoms with Crippen LogP contribution in [0.25, 0.3) is 11.1 Å². The molecular weight excluding hydrogens is 430 g/mol. The number of anilines is 2. The van der Waals surface area contributed by atoms with Gasteiger partial charge in [-0.2, -0.15) is 0 Å². The number of fused-ring (bicyclic) bond motifs is 3. The van der Waals surface area contributed by atoms with Gasteiger partial charge in [0.2, 0.25) is 0 Å². The second-order valence-corrected chi connectivity index (χ2v) is 8.80. The van der Waals surface area contributed by atoms with Crippen molar-refractivity contribution < 1.29 is 19.4 Å². The summed E-state index contributed by atoms with van der Waals surface area (Å²) in [6.07, 6.45) is -0.322. The first-order valence-corrected chi connectivity index (χ1v) is 11.4. The molecule has 0 spiro atoms. The van der Waals surface area contributed by atoms with Crippen molar-refractivity contribution in [3.05, 3.63) is 82.9 Å². The number of piperazine rings is 1. The maximum atomic E-state index is 12.9. The molecule has 5 rings (SSSR count). The fourth-order valence-corrected chi connectivity index (χ4v) is 5.09. The Bertz CT molecular complexity index is 1220. The van der Waals surface area contributed by atoms with Crippen LogP contribution in [0, 0.1) is 6.92 Å². The fourth-order valence-electron chi connectivity index (χ4n) is 5.09. The van der Waals surface area contributed by atoms with Gasteiger partial charge >= 0.3 is 12.1 Å². The van der Waals surface area contributed by atoms with Gasteiger partial charge in [0.1, 0.15) is 6.61 Å². The number of carbonyl (C=O) groups is 2. The van der Waals surface area contributed by atoms with E-state index >= 15 is 0 Å². The van der Waals surface area contributed by atoms with Crippen LogP contribution in [0.5, 0.6) is 0 Å². The minimum absolute atomic E-state index is 0.0297. The first-order valence-electron chi connectivity index (χ1n) is 11.4. The van der Waals surface area contributed by atoms with Gasteiger partial charge in [-0.1, -0.05) is 48.5 Å². The fraction of sp³-hybridized carbons (Fsp3) is 0.259. The number of carbonyl (C=O) groups excluding carboxylic acids is 1. The van der Waals surface area contributed by atoms with Crippen LogP contribution in [0.1, 0.15) is 33.0 Å². The van der Waals surface area contributed by atoms with E-state index in [1.807, 2.05) is 24.3 Å². The van der Waals surface area contributed by atoms with E-state index in [4.69, 9.17) is 10.5 Å². The highest BCUT2D eigenvalue weighted by atomic mass is 16.6. The molecule has 0 saturated carbocycles. The molecule has 0 radical (unpaired) electrons. The van der Waals surface area contributed by atoms with Crippen molar-refractivity contribution in [2.24, 2.45) is 0 Å². The summed E-state index contributed by atoms with van der Waals surface area (Å²) in [5.41, 5.74) is 12.8. The maximum absolute atomic E-state index is 12.9. The standard InChI is InChI=1S/C27H27N3O4/c1-17-23(26(31)32)14-18(28)15-25(17)29-10-12-30(13-11-29)27(33)34-16-24-21-8-4-2-6-19(21)20-7-3-5-9-22(20)24/h2-9,14-15,24H,10-13,16,28H2,1H3,(H,31,32). The molecule has 1 saturated heterocycles. The lowest BCUT2D eigenvalue weighted by Crippen LogP contribution is -2.49. The Morgan fingerprint density at radius 1 is 0.971 bits per heavy atom. The second kappa shape index (κ2) is 8.74. The van der Waals surface area contributed by atoms with Gasteiger partial charge in [0, 0.05) is 43.5 Å². The number of carboxylic acid groups (broad SMARTS) is 1. The first kappa shape index (κ1) is 21.8.